The van der Waals surface area contributed by atoms with E-state index in [1.807, 2.05) is 4.68 Å². The predicted molar refractivity (Wildman–Crippen MR) is 95.2 cm³/mol. The van der Waals surface area contributed by atoms with Crippen molar-refractivity contribution < 1.29 is 18.7 Å². The Bertz CT molecular complexity index is 847. The number of amides is 2. The van der Waals surface area contributed by atoms with Crippen LogP contribution in [0.25, 0.3) is 0 Å². The molecule has 2 heterocycles. The van der Waals surface area contributed by atoms with E-state index in [2.05, 4.69) is 10.4 Å². The second-order valence-electron chi connectivity index (χ2n) is 7.12. The number of hydrogen-bond acceptors (Lipinski definition) is 4. The number of aromatic nitrogens is 2. The zero-order valence-electron chi connectivity index (χ0n) is 15.0. The quantitative estimate of drug-likeness (QED) is 0.871. The number of nitrogens with zero attached hydrogens (tertiary/aromatic N) is 3. The monoisotopic (exact) mass is 372 g/mol. The molecule has 7 nitrogen and oxygen atoms in total. The summed E-state index contributed by atoms with van der Waals surface area (Å²) in [4.78, 5) is 26.4. The highest BCUT2D eigenvalue weighted by Gasteiger charge is 2.40. The Balaban J connectivity index is 1.51. The molecule has 2 aromatic rings. The number of ether oxygens (including phenoxy) is 1. The van der Waals surface area contributed by atoms with E-state index in [4.69, 9.17) is 4.74 Å². The van der Waals surface area contributed by atoms with E-state index < -0.39 is 12.1 Å². The normalized spacial score (nSPS) is 22.7. The van der Waals surface area contributed by atoms with Crippen molar-refractivity contribution in [3.8, 4) is 0 Å². The van der Waals surface area contributed by atoms with Gasteiger partial charge in [0.2, 0.25) is 5.91 Å². The van der Waals surface area contributed by atoms with Gasteiger partial charge >= 0.3 is 0 Å². The van der Waals surface area contributed by atoms with Crippen molar-refractivity contribution in [3.05, 3.63) is 48.0 Å². The van der Waals surface area contributed by atoms with Crippen molar-refractivity contribution in [1.82, 2.24) is 14.7 Å². The summed E-state index contributed by atoms with van der Waals surface area (Å²) in [6.07, 6.45) is 4.94. The van der Waals surface area contributed by atoms with E-state index in [0.717, 1.165) is 6.54 Å². The van der Waals surface area contributed by atoms with Crippen LogP contribution in [-0.2, 0) is 20.9 Å². The summed E-state index contributed by atoms with van der Waals surface area (Å²) in [5.74, 6) is -0.300. The summed E-state index contributed by atoms with van der Waals surface area (Å²) < 4.78 is 20.6. The minimum Gasteiger partial charge on any atom is -0.356 e. The van der Waals surface area contributed by atoms with Crippen LogP contribution < -0.4 is 5.32 Å². The molecule has 142 valence electrons. The Morgan fingerprint density at radius 1 is 1.33 bits per heavy atom. The molecule has 2 amide bonds. The third-order valence-electron chi connectivity index (χ3n) is 5.00. The van der Waals surface area contributed by atoms with Gasteiger partial charge in [-0.15, -0.1) is 0 Å². The predicted octanol–water partition coefficient (Wildman–Crippen LogP) is 1.97. The molecule has 1 saturated carbocycles. The van der Waals surface area contributed by atoms with Gasteiger partial charge in [-0.2, -0.15) is 5.10 Å². The Morgan fingerprint density at radius 2 is 2.07 bits per heavy atom. The highest BCUT2D eigenvalue weighted by Crippen LogP contribution is 2.31. The van der Waals surface area contributed by atoms with Crippen LogP contribution in [0.1, 0.15) is 24.4 Å². The SMILES string of the molecule is CN1C(=O)COC(C(=O)Nc2cnn(CC3CC3)c2)C1c1ccc(F)cc1. The second-order valence-corrected chi connectivity index (χ2v) is 7.12. The largest absolute Gasteiger partial charge is 0.356 e. The van der Waals surface area contributed by atoms with Crippen molar-refractivity contribution in [2.45, 2.75) is 31.5 Å². The van der Waals surface area contributed by atoms with Gasteiger partial charge in [-0.3, -0.25) is 14.3 Å². The van der Waals surface area contributed by atoms with Crippen LogP contribution >= 0.6 is 0 Å². The fourth-order valence-electron chi connectivity index (χ4n) is 3.30. The van der Waals surface area contributed by atoms with Gasteiger partial charge in [0.25, 0.3) is 5.91 Å². The zero-order chi connectivity index (χ0) is 19.0. The molecule has 2 fully saturated rings. The van der Waals surface area contributed by atoms with Crippen LogP contribution in [0.15, 0.2) is 36.7 Å². The van der Waals surface area contributed by atoms with Crippen molar-refractivity contribution in [2.75, 3.05) is 19.0 Å². The molecule has 1 aliphatic carbocycles. The van der Waals surface area contributed by atoms with Gasteiger partial charge in [-0.25, -0.2) is 4.39 Å². The summed E-state index contributed by atoms with van der Waals surface area (Å²) >= 11 is 0. The summed E-state index contributed by atoms with van der Waals surface area (Å²) in [5, 5.41) is 7.08. The lowest BCUT2D eigenvalue weighted by atomic mass is 9.97. The molecule has 1 N–H and O–H groups in total. The molecule has 1 saturated heterocycles. The van der Waals surface area contributed by atoms with Crippen LogP contribution in [0, 0.1) is 11.7 Å². The molecule has 27 heavy (non-hydrogen) atoms. The van der Waals surface area contributed by atoms with Crippen molar-refractivity contribution in [2.24, 2.45) is 5.92 Å². The van der Waals surface area contributed by atoms with E-state index in [9.17, 15) is 14.0 Å². The average Bonchev–Trinajstić information content (AvgIpc) is 3.36. The summed E-state index contributed by atoms with van der Waals surface area (Å²) in [7, 11) is 1.62. The minimum absolute atomic E-state index is 0.173. The first-order chi connectivity index (χ1) is 13.0. The number of benzene rings is 1. The molecule has 0 radical (unpaired) electrons. The molecule has 8 heteroatoms. The molecular weight excluding hydrogens is 351 g/mol. The maximum Gasteiger partial charge on any atom is 0.256 e. The Morgan fingerprint density at radius 3 is 2.78 bits per heavy atom. The lowest BCUT2D eigenvalue weighted by Gasteiger charge is -2.38. The van der Waals surface area contributed by atoms with Gasteiger partial charge in [-0.05, 0) is 36.5 Å². The van der Waals surface area contributed by atoms with Crippen LogP contribution in [-0.4, -0.2) is 46.3 Å². The summed E-state index contributed by atoms with van der Waals surface area (Å²) in [6.45, 7) is 0.679. The third-order valence-corrected chi connectivity index (χ3v) is 5.00. The fraction of sp³-hybridized carbons (Fsp3) is 0.421. The number of carbonyl (C=O) groups is 2. The Hall–Kier alpha value is -2.74. The van der Waals surface area contributed by atoms with E-state index in [-0.39, 0.29) is 24.2 Å². The van der Waals surface area contributed by atoms with Gasteiger partial charge < -0.3 is 15.0 Å². The molecule has 0 bridgehead atoms. The standard InChI is InChI=1S/C19H21FN4O3/c1-23-16(25)11-27-18(17(23)13-4-6-14(20)7-5-13)19(26)22-15-8-21-24(10-15)9-12-2-3-12/h4-8,10,12,17-18H,2-3,9,11H2,1H3,(H,22,26). The second kappa shape index (κ2) is 7.11. The lowest BCUT2D eigenvalue weighted by molar-refractivity contribution is -0.160. The first-order valence-corrected chi connectivity index (χ1v) is 8.97. The molecule has 2 atom stereocenters. The molecule has 1 aliphatic heterocycles. The van der Waals surface area contributed by atoms with Crippen LogP contribution in [0.2, 0.25) is 0 Å². The number of carbonyl (C=O) groups excluding carboxylic acids is 2. The van der Waals surface area contributed by atoms with Gasteiger partial charge in [0.15, 0.2) is 6.10 Å². The molecule has 1 aromatic carbocycles. The smallest absolute Gasteiger partial charge is 0.256 e. The van der Waals surface area contributed by atoms with Crippen LogP contribution in [0.5, 0.6) is 0 Å². The summed E-state index contributed by atoms with van der Waals surface area (Å²) in [6, 6.07) is 5.10. The highest BCUT2D eigenvalue weighted by molar-refractivity contribution is 5.96. The van der Waals surface area contributed by atoms with Gasteiger partial charge in [0, 0.05) is 19.8 Å². The number of morpholine rings is 1. The third kappa shape index (κ3) is 3.85. The van der Waals surface area contributed by atoms with Gasteiger partial charge in [0.1, 0.15) is 12.4 Å². The first kappa shape index (κ1) is 17.7. The topological polar surface area (TPSA) is 76.5 Å². The number of likely N-dealkylation sites (N-methyl/N-ethyl adjacent to an activating group) is 1. The molecule has 4 rings (SSSR count). The fourth-order valence-corrected chi connectivity index (χ4v) is 3.30. The Labute approximate surface area is 156 Å². The average molecular weight is 372 g/mol. The Kier molecular flexibility index (Phi) is 4.65. The number of halogens is 1. The van der Waals surface area contributed by atoms with E-state index >= 15 is 0 Å². The molecule has 2 unspecified atom stereocenters. The van der Waals surface area contributed by atoms with Crippen LogP contribution in [0.4, 0.5) is 10.1 Å². The van der Waals surface area contributed by atoms with Gasteiger partial charge in [0.05, 0.1) is 17.9 Å². The number of hydrogen-bond donors (Lipinski definition) is 1. The van der Waals surface area contributed by atoms with Crippen LogP contribution in [0.3, 0.4) is 0 Å². The molecule has 0 spiro atoms. The van der Waals surface area contributed by atoms with Gasteiger partial charge in [-0.1, -0.05) is 12.1 Å². The number of nitrogens with one attached hydrogen (secondary N) is 1. The van der Waals surface area contributed by atoms with Crippen molar-refractivity contribution in [1.29, 1.82) is 0 Å². The zero-order valence-corrected chi connectivity index (χ0v) is 15.0. The van der Waals surface area contributed by atoms with E-state index in [1.54, 1.807) is 31.6 Å². The van der Waals surface area contributed by atoms with Crippen molar-refractivity contribution >= 4 is 17.5 Å². The maximum atomic E-state index is 13.3. The van der Waals surface area contributed by atoms with Crippen molar-refractivity contribution in [3.63, 3.8) is 0 Å². The molecular formula is C19H21FN4O3. The first-order valence-electron chi connectivity index (χ1n) is 8.97. The summed E-state index contributed by atoms with van der Waals surface area (Å²) in [5.41, 5.74) is 1.22. The highest BCUT2D eigenvalue weighted by atomic mass is 19.1. The lowest BCUT2D eigenvalue weighted by Crippen LogP contribution is -2.51. The van der Waals surface area contributed by atoms with E-state index in [0.29, 0.717) is 17.2 Å². The number of rotatable bonds is 5. The van der Waals surface area contributed by atoms with E-state index in [1.165, 1.54) is 29.9 Å². The number of anilines is 1. The maximum absolute atomic E-state index is 13.3. The minimum atomic E-state index is -0.898. The molecule has 2 aliphatic rings. The molecule has 1 aromatic heterocycles.